The molecule has 2 nitrogen and oxygen atoms in total. The van der Waals surface area contributed by atoms with Gasteiger partial charge < -0.3 is 5.32 Å². The van der Waals surface area contributed by atoms with Gasteiger partial charge in [0.1, 0.15) is 0 Å². The van der Waals surface area contributed by atoms with Crippen molar-refractivity contribution >= 4 is 27.3 Å². The molecule has 1 unspecified atom stereocenters. The summed E-state index contributed by atoms with van der Waals surface area (Å²) in [5.74, 6) is 0. The van der Waals surface area contributed by atoms with Gasteiger partial charge in [0.25, 0.3) is 0 Å². The van der Waals surface area contributed by atoms with Gasteiger partial charge in [-0.3, -0.25) is 4.98 Å². The van der Waals surface area contributed by atoms with Gasteiger partial charge in [-0.25, -0.2) is 0 Å². The topological polar surface area (TPSA) is 24.9 Å². The SMILES string of the molecule is CCCNC(Cc1sccc1Br)c1cc(C)ccn1. The first-order valence-corrected chi connectivity index (χ1v) is 8.25. The van der Waals surface area contributed by atoms with Crippen molar-refractivity contribution < 1.29 is 0 Å². The highest BCUT2D eigenvalue weighted by molar-refractivity contribution is 9.10. The molecule has 0 amide bonds. The number of pyridine rings is 1. The lowest BCUT2D eigenvalue weighted by Gasteiger charge is -2.18. The minimum atomic E-state index is 0.287. The molecule has 0 fully saturated rings. The number of nitrogens with zero attached hydrogens (tertiary/aromatic N) is 1. The Balaban J connectivity index is 2.18. The summed E-state index contributed by atoms with van der Waals surface area (Å²) in [4.78, 5) is 5.90. The molecule has 2 rings (SSSR count). The summed E-state index contributed by atoms with van der Waals surface area (Å²) in [5, 5.41) is 5.73. The summed E-state index contributed by atoms with van der Waals surface area (Å²) in [7, 11) is 0. The maximum atomic E-state index is 4.53. The van der Waals surface area contributed by atoms with Crippen LogP contribution in [0.3, 0.4) is 0 Å². The molecule has 1 N–H and O–H groups in total. The molecule has 102 valence electrons. The van der Waals surface area contributed by atoms with E-state index >= 15 is 0 Å². The average Bonchev–Trinajstić information content (AvgIpc) is 2.80. The van der Waals surface area contributed by atoms with Gasteiger partial charge in [-0.1, -0.05) is 6.92 Å². The predicted molar refractivity (Wildman–Crippen MR) is 85.7 cm³/mol. The standard InChI is InChI=1S/C15H19BrN2S/c1-3-6-17-14(10-15-12(16)5-8-19-15)13-9-11(2)4-7-18-13/h4-5,7-9,14,17H,3,6,10H2,1-2H3. The number of hydrogen-bond acceptors (Lipinski definition) is 3. The van der Waals surface area contributed by atoms with Crippen LogP contribution >= 0.6 is 27.3 Å². The van der Waals surface area contributed by atoms with Gasteiger partial charge in [-0.15, -0.1) is 11.3 Å². The van der Waals surface area contributed by atoms with E-state index in [0.29, 0.717) is 0 Å². The molecule has 0 aliphatic carbocycles. The lowest BCUT2D eigenvalue weighted by Crippen LogP contribution is -2.24. The van der Waals surface area contributed by atoms with E-state index in [9.17, 15) is 0 Å². The molecule has 1 atom stereocenters. The number of aryl methyl sites for hydroxylation is 1. The van der Waals surface area contributed by atoms with Crippen LogP contribution in [0.2, 0.25) is 0 Å². The van der Waals surface area contributed by atoms with Crippen LogP contribution < -0.4 is 5.32 Å². The van der Waals surface area contributed by atoms with Crippen molar-refractivity contribution in [3.05, 3.63) is 50.4 Å². The van der Waals surface area contributed by atoms with Gasteiger partial charge in [0.05, 0.1) is 11.7 Å². The smallest absolute Gasteiger partial charge is 0.0579 e. The summed E-state index contributed by atoms with van der Waals surface area (Å²) >= 11 is 5.41. The highest BCUT2D eigenvalue weighted by Crippen LogP contribution is 2.27. The second-order valence-electron chi connectivity index (χ2n) is 4.66. The Kier molecular flexibility index (Phi) is 5.55. The molecule has 0 saturated carbocycles. The summed E-state index contributed by atoms with van der Waals surface area (Å²) < 4.78 is 1.20. The summed E-state index contributed by atoms with van der Waals surface area (Å²) in [6, 6.07) is 6.62. The third kappa shape index (κ3) is 4.13. The maximum Gasteiger partial charge on any atom is 0.0579 e. The molecule has 4 heteroatoms. The number of rotatable bonds is 6. The quantitative estimate of drug-likeness (QED) is 0.838. The van der Waals surface area contributed by atoms with E-state index in [1.807, 2.05) is 12.3 Å². The highest BCUT2D eigenvalue weighted by atomic mass is 79.9. The Morgan fingerprint density at radius 1 is 1.42 bits per heavy atom. The Bertz CT molecular complexity index is 524. The van der Waals surface area contributed by atoms with Crippen molar-refractivity contribution in [2.75, 3.05) is 6.54 Å². The van der Waals surface area contributed by atoms with Crippen molar-refractivity contribution in [3.63, 3.8) is 0 Å². The van der Waals surface area contributed by atoms with Crippen LogP contribution in [-0.4, -0.2) is 11.5 Å². The lowest BCUT2D eigenvalue weighted by molar-refractivity contribution is 0.520. The van der Waals surface area contributed by atoms with Gasteiger partial charge in [-0.2, -0.15) is 0 Å². The van der Waals surface area contributed by atoms with Crippen molar-refractivity contribution in [1.82, 2.24) is 10.3 Å². The van der Waals surface area contributed by atoms with Crippen molar-refractivity contribution in [2.45, 2.75) is 32.7 Å². The second kappa shape index (κ2) is 7.17. The fourth-order valence-electron chi connectivity index (χ4n) is 2.01. The third-order valence-electron chi connectivity index (χ3n) is 3.01. The maximum absolute atomic E-state index is 4.53. The van der Waals surface area contributed by atoms with Crippen LogP contribution in [0.1, 0.15) is 35.5 Å². The fraction of sp³-hybridized carbons (Fsp3) is 0.400. The van der Waals surface area contributed by atoms with E-state index < -0.39 is 0 Å². The second-order valence-corrected chi connectivity index (χ2v) is 6.52. The lowest BCUT2D eigenvalue weighted by atomic mass is 10.1. The molecular formula is C15H19BrN2S. The van der Waals surface area contributed by atoms with Gasteiger partial charge in [0.15, 0.2) is 0 Å². The number of nitrogens with one attached hydrogen (secondary N) is 1. The number of halogens is 1. The van der Waals surface area contributed by atoms with Gasteiger partial charge >= 0.3 is 0 Å². The van der Waals surface area contributed by atoms with Gasteiger partial charge in [-0.05, 0) is 65.0 Å². The van der Waals surface area contributed by atoms with E-state index in [1.165, 1.54) is 14.9 Å². The fourth-order valence-corrected chi connectivity index (χ4v) is 3.57. The van der Waals surface area contributed by atoms with Crippen molar-refractivity contribution in [2.24, 2.45) is 0 Å². The molecule has 0 spiro atoms. The predicted octanol–water partition coefficient (Wildman–Crippen LogP) is 4.50. The normalized spacial score (nSPS) is 12.6. The minimum absolute atomic E-state index is 0.287. The van der Waals surface area contributed by atoms with Crippen molar-refractivity contribution in [1.29, 1.82) is 0 Å². The Morgan fingerprint density at radius 2 is 2.26 bits per heavy atom. The summed E-state index contributed by atoms with van der Waals surface area (Å²) in [6.45, 7) is 5.32. The molecule has 0 saturated heterocycles. The number of aromatic nitrogens is 1. The van der Waals surface area contributed by atoms with E-state index in [-0.39, 0.29) is 6.04 Å². The highest BCUT2D eigenvalue weighted by Gasteiger charge is 2.15. The first-order chi connectivity index (χ1) is 9.20. The zero-order valence-electron chi connectivity index (χ0n) is 11.3. The zero-order chi connectivity index (χ0) is 13.7. The third-order valence-corrected chi connectivity index (χ3v) is 4.96. The molecule has 19 heavy (non-hydrogen) atoms. The molecule has 2 aromatic heterocycles. The van der Waals surface area contributed by atoms with Gasteiger partial charge in [0.2, 0.25) is 0 Å². The number of thiophene rings is 1. The molecule has 0 radical (unpaired) electrons. The van der Waals surface area contributed by atoms with Crippen LogP contribution in [0.15, 0.2) is 34.2 Å². The monoisotopic (exact) mass is 338 g/mol. The van der Waals surface area contributed by atoms with Crippen LogP contribution in [0.25, 0.3) is 0 Å². The average molecular weight is 339 g/mol. The molecule has 0 aliphatic heterocycles. The van der Waals surface area contributed by atoms with E-state index in [0.717, 1.165) is 25.1 Å². The number of hydrogen-bond donors (Lipinski definition) is 1. The Labute approximate surface area is 127 Å². The van der Waals surface area contributed by atoms with Crippen LogP contribution in [-0.2, 0) is 6.42 Å². The summed E-state index contributed by atoms with van der Waals surface area (Å²) in [5.41, 5.74) is 2.40. The van der Waals surface area contributed by atoms with Gasteiger partial charge in [0, 0.05) is 22.0 Å². The molecule has 2 aromatic rings. The molecule has 0 aliphatic rings. The van der Waals surface area contributed by atoms with Crippen LogP contribution in [0.4, 0.5) is 0 Å². The molecule has 0 aromatic carbocycles. The first kappa shape index (κ1) is 14.7. The molecule has 0 bridgehead atoms. The minimum Gasteiger partial charge on any atom is -0.308 e. The molecular weight excluding hydrogens is 320 g/mol. The first-order valence-electron chi connectivity index (χ1n) is 6.58. The van der Waals surface area contributed by atoms with E-state index in [2.05, 4.69) is 57.6 Å². The van der Waals surface area contributed by atoms with E-state index in [4.69, 9.17) is 0 Å². The van der Waals surface area contributed by atoms with E-state index in [1.54, 1.807) is 11.3 Å². The largest absolute Gasteiger partial charge is 0.308 e. The van der Waals surface area contributed by atoms with Crippen molar-refractivity contribution in [3.8, 4) is 0 Å². The van der Waals surface area contributed by atoms with Crippen LogP contribution in [0, 0.1) is 6.92 Å². The Morgan fingerprint density at radius 3 is 2.89 bits per heavy atom. The zero-order valence-corrected chi connectivity index (χ0v) is 13.7. The molecule has 2 heterocycles. The Hall–Kier alpha value is -0.710. The summed E-state index contributed by atoms with van der Waals surface area (Å²) in [6.07, 6.45) is 4.01. The van der Waals surface area contributed by atoms with Crippen LogP contribution in [0.5, 0.6) is 0 Å².